The van der Waals surface area contributed by atoms with E-state index < -0.39 is 5.54 Å². The number of nitriles is 1. The molecule has 8 heteroatoms. The Bertz CT molecular complexity index is 1100. The SMILES string of the molecule is CN(C(=O)CSc1ncnc2scc(-c3ccc(F)cc3)c12)C1(C#N)CCCCC1. The smallest absolute Gasteiger partial charge is 0.234 e. The first kappa shape index (κ1) is 20.8. The van der Waals surface area contributed by atoms with Gasteiger partial charge in [0.05, 0.1) is 17.2 Å². The van der Waals surface area contributed by atoms with Crippen molar-refractivity contribution < 1.29 is 9.18 Å². The highest BCUT2D eigenvalue weighted by Crippen LogP contribution is 2.38. The number of benzene rings is 1. The lowest BCUT2D eigenvalue weighted by molar-refractivity contribution is -0.131. The van der Waals surface area contributed by atoms with Crippen molar-refractivity contribution in [1.82, 2.24) is 14.9 Å². The first-order valence-electron chi connectivity index (χ1n) is 9.83. The quantitative estimate of drug-likeness (QED) is 0.399. The van der Waals surface area contributed by atoms with Gasteiger partial charge in [0.2, 0.25) is 5.91 Å². The van der Waals surface area contributed by atoms with E-state index in [1.807, 2.05) is 5.38 Å². The number of thiophene rings is 1. The number of thioether (sulfide) groups is 1. The van der Waals surface area contributed by atoms with Crippen molar-refractivity contribution >= 4 is 39.2 Å². The third-order valence-corrected chi connectivity index (χ3v) is 7.59. The molecule has 4 rings (SSSR count). The molecule has 1 amide bonds. The maximum atomic E-state index is 13.3. The van der Waals surface area contributed by atoms with Crippen molar-refractivity contribution in [2.24, 2.45) is 0 Å². The minimum Gasteiger partial charge on any atom is -0.326 e. The molecule has 3 aromatic rings. The highest BCUT2D eigenvalue weighted by molar-refractivity contribution is 8.00. The van der Waals surface area contributed by atoms with E-state index in [1.54, 1.807) is 24.1 Å². The first-order chi connectivity index (χ1) is 14.5. The number of rotatable bonds is 5. The minimum atomic E-state index is -0.696. The number of carbonyl (C=O) groups excluding carboxylic acids is 1. The van der Waals surface area contributed by atoms with Gasteiger partial charge < -0.3 is 4.90 Å². The number of hydrogen-bond acceptors (Lipinski definition) is 6. The number of nitrogens with zero attached hydrogens (tertiary/aromatic N) is 4. The van der Waals surface area contributed by atoms with Gasteiger partial charge >= 0.3 is 0 Å². The van der Waals surface area contributed by atoms with Crippen LogP contribution in [-0.4, -0.2) is 39.1 Å². The molecule has 0 saturated heterocycles. The van der Waals surface area contributed by atoms with Crippen LogP contribution in [0.2, 0.25) is 0 Å². The predicted molar refractivity (Wildman–Crippen MR) is 118 cm³/mol. The fourth-order valence-electron chi connectivity index (χ4n) is 3.92. The van der Waals surface area contributed by atoms with Crippen LogP contribution in [0.5, 0.6) is 0 Å². The standard InChI is InChI=1S/C22H21FN4OS2/c1-27(22(13-24)9-3-2-4-10-22)18(28)12-30-21-19-17(11-29-20(19)25-14-26-21)15-5-7-16(23)8-6-15/h5-8,11,14H,2-4,9-10,12H2,1H3. The van der Waals surface area contributed by atoms with E-state index in [2.05, 4.69) is 16.0 Å². The average Bonchev–Trinajstić information content (AvgIpc) is 3.22. The molecule has 1 fully saturated rings. The molecule has 0 radical (unpaired) electrons. The molecule has 0 N–H and O–H groups in total. The number of halogens is 1. The highest BCUT2D eigenvalue weighted by atomic mass is 32.2. The van der Waals surface area contributed by atoms with Gasteiger partial charge in [-0.05, 0) is 30.5 Å². The minimum absolute atomic E-state index is 0.0752. The van der Waals surface area contributed by atoms with Crippen molar-refractivity contribution in [3.8, 4) is 17.2 Å². The van der Waals surface area contributed by atoms with Gasteiger partial charge in [0.1, 0.15) is 27.5 Å². The molecule has 0 bridgehead atoms. The van der Waals surface area contributed by atoms with Gasteiger partial charge in [0.15, 0.2) is 0 Å². The van der Waals surface area contributed by atoms with Gasteiger partial charge in [-0.25, -0.2) is 14.4 Å². The third-order valence-electron chi connectivity index (χ3n) is 5.73. The van der Waals surface area contributed by atoms with Crippen LogP contribution in [0.4, 0.5) is 4.39 Å². The normalized spacial score (nSPS) is 15.6. The van der Waals surface area contributed by atoms with E-state index >= 15 is 0 Å². The third kappa shape index (κ3) is 3.92. The fourth-order valence-corrected chi connectivity index (χ4v) is 5.83. The molecular formula is C22H21FN4OS2. The van der Waals surface area contributed by atoms with Crippen LogP contribution in [0.1, 0.15) is 32.1 Å². The van der Waals surface area contributed by atoms with Crippen molar-refractivity contribution in [2.75, 3.05) is 12.8 Å². The Morgan fingerprint density at radius 1 is 1.27 bits per heavy atom. The van der Waals surface area contributed by atoms with Gasteiger partial charge in [0, 0.05) is 18.0 Å². The number of fused-ring (bicyclic) bond motifs is 1. The topological polar surface area (TPSA) is 69.9 Å². The zero-order valence-electron chi connectivity index (χ0n) is 16.6. The van der Waals surface area contributed by atoms with E-state index in [0.29, 0.717) is 0 Å². The molecule has 0 aliphatic heterocycles. The van der Waals surface area contributed by atoms with E-state index in [1.165, 1.54) is 41.6 Å². The summed E-state index contributed by atoms with van der Waals surface area (Å²) in [5.74, 6) is -0.161. The summed E-state index contributed by atoms with van der Waals surface area (Å²) < 4.78 is 13.3. The Morgan fingerprint density at radius 2 is 2.00 bits per heavy atom. The lowest BCUT2D eigenvalue weighted by Crippen LogP contribution is -2.50. The monoisotopic (exact) mass is 440 g/mol. The van der Waals surface area contributed by atoms with E-state index in [9.17, 15) is 14.4 Å². The molecule has 0 spiro atoms. The Morgan fingerprint density at radius 3 is 2.70 bits per heavy atom. The molecule has 0 atom stereocenters. The predicted octanol–water partition coefficient (Wildman–Crippen LogP) is 5.27. The molecule has 2 heterocycles. The van der Waals surface area contributed by atoms with Crippen LogP contribution in [-0.2, 0) is 4.79 Å². The van der Waals surface area contributed by atoms with Crippen molar-refractivity contribution in [3.63, 3.8) is 0 Å². The molecule has 2 aromatic heterocycles. The summed E-state index contributed by atoms with van der Waals surface area (Å²) in [6, 6.07) is 8.72. The Hall–Kier alpha value is -2.50. The van der Waals surface area contributed by atoms with Gasteiger partial charge in [0.25, 0.3) is 0 Å². The molecule has 30 heavy (non-hydrogen) atoms. The first-order valence-corrected chi connectivity index (χ1v) is 11.7. The number of hydrogen-bond donors (Lipinski definition) is 0. The Kier molecular flexibility index (Phi) is 6.02. The van der Waals surface area contributed by atoms with Crippen LogP contribution < -0.4 is 0 Å². The van der Waals surface area contributed by atoms with E-state index in [-0.39, 0.29) is 17.5 Å². The second-order valence-corrected chi connectivity index (χ2v) is 9.28. The van der Waals surface area contributed by atoms with Gasteiger partial charge in [-0.2, -0.15) is 5.26 Å². The molecule has 0 unspecified atom stereocenters. The van der Waals surface area contributed by atoms with Gasteiger partial charge in [-0.15, -0.1) is 11.3 Å². The summed E-state index contributed by atoms with van der Waals surface area (Å²) in [6.45, 7) is 0. The lowest BCUT2D eigenvalue weighted by atomic mass is 9.81. The number of amides is 1. The molecule has 1 aliphatic carbocycles. The second kappa shape index (κ2) is 8.70. The zero-order valence-corrected chi connectivity index (χ0v) is 18.2. The van der Waals surface area contributed by atoms with Crippen LogP contribution in [0.15, 0.2) is 41.0 Å². The Labute approximate surface area is 182 Å². The lowest BCUT2D eigenvalue weighted by Gasteiger charge is -2.39. The van der Waals surface area contributed by atoms with Crippen molar-refractivity contribution in [1.29, 1.82) is 5.26 Å². The van der Waals surface area contributed by atoms with Crippen LogP contribution in [0.3, 0.4) is 0 Å². The van der Waals surface area contributed by atoms with Crippen LogP contribution >= 0.6 is 23.1 Å². The summed E-state index contributed by atoms with van der Waals surface area (Å²) in [5.41, 5.74) is 1.12. The Balaban J connectivity index is 1.57. The summed E-state index contributed by atoms with van der Waals surface area (Å²) in [4.78, 5) is 24.1. The van der Waals surface area contributed by atoms with Gasteiger partial charge in [-0.1, -0.05) is 43.2 Å². The number of aromatic nitrogens is 2. The maximum Gasteiger partial charge on any atom is 0.234 e. The summed E-state index contributed by atoms with van der Waals surface area (Å²) >= 11 is 2.85. The van der Waals surface area contributed by atoms with Crippen LogP contribution in [0, 0.1) is 17.1 Å². The summed E-state index contributed by atoms with van der Waals surface area (Å²) in [5, 5.41) is 13.3. The molecule has 154 valence electrons. The largest absolute Gasteiger partial charge is 0.326 e. The molecule has 1 aliphatic rings. The highest BCUT2D eigenvalue weighted by Gasteiger charge is 2.38. The zero-order chi connectivity index (χ0) is 21.1. The molecule has 1 saturated carbocycles. The van der Waals surface area contributed by atoms with Crippen LogP contribution in [0.25, 0.3) is 21.3 Å². The maximum absolute atomic E-state index is 13.3. The average molecular weight is 441 g/mol. The van der Waals surface area contributed by atoms with Gasteiger partial charge in [-0.3, -0.25) is 4.79 Å². The second-order valence-electron chi connectivity index (χ2n) is 7.46. The number of carbonyl (C=O) groups is 1. The molecular weight excluding hydrogens is 419 g/mol. The summed E-state index contributed by atoms with van der Waals surface area (Å²) in [6.07, 6.45) is 6.02. The molecule has 1 aromatic carbocycles. The van der Waals surface area contributed by atoms with Crippen molar-refractivity contribution in [3.05, 3.63) is 41.8 Å². The van der Waals surface area contributed by atoms with E-state index in [0.717, 1.165) is 58.5 Å². The van der Waals surface area contributed by atoms with E-state index in [4.69, 9.17) is 0 Å². The van der Waals surface area contributed by atoms with Crippen molar-refractivity contribution in [2.45, 2.75) is 42.7 Å². The fraction of sp³-hybridized carbons (Fsp3) is 0.364. The molecule has 5 nitrogen and oxygen atoms in total. The summed E-state index contributed by atoms with van der Waals surface area (Å²) in [7, 11) is 1.74.